The summed E-state index contributed by atoms with van der Waals surface area (Å²) in [6.07, 6.45) is 11.8. The minimum absolute atomic E-state index is 0.900. The van der Waals surface area contributed by atoms with Crippen LogP contribution in [0.3, 0.4) is 0 Å². The van der Waals surface area contributed by atoms with Gasteiger partial charge in [0.2, 0.25) is 0 Å². The summed E-state index contributed by atoms with van der Waals surface area (Å²) >= 11 is 0. The molecule has 0 aliphatic heterocycles. The number of allylic oxidation sites excluding steroid dienone is 5. The van der Waals surface area contributed by atoms with Crippen molar-refractivity contribution in [2.45, 2.75) is 40.0 Å². The Balaban J connectivity index is 1.52. The second-order valence-electron chi connectivity index (χ2n) is 11.5. The Kier molecular flexibility index (Phi) is 7.99. The van der Waals surface area contributed by atoms with E-state index in [-0.39, 0.29) is 0 Å². The molecule has 0 amide bonds. The fourth-order valence-corrected chi connectivity index (χ4v) is 6.22. The van der Waals surface area contributed by atoms with E-state index in [2.05, 4.69) is 160 Å². The van der Waals surface area contributed by atoms with Crippen molar-refractivity contribution in [3.05, 3.63) is 163 Å². The molecule has 0 spiro atoms. The lowest BCUT2D eigenvalue weighted by molar-refractivity contribution is 0.915. The van der Waals surface area contributed by atoms with Gasteiger partial charge >= 0.3 is 0 Å². The fraction of sp³-hybridized carbons (Fsp3) is 0.143. The summed E-state index contributed by atoms with van der Waals surface area (Å²) in [7, 11) is 0. The first-order chi connectivity index (χ1) is 21.0. The average molecular weight is 558 g/mol. The molecule has 0 unspecified atom stereocenters. The molecule has 212 valence electrons. The van der Waals surface area contributed by atoms with E-state index in [0.717, 1.165) is 36.2 Å². The molecule has 0 N–H and O–H groups in total. The van der Waals surface area contributed by atoms with E-state index in [1.807, 2.05) is 0 Å². The van der Waals surface area contributed by atoms with Crippen LogP contribution in [0.4, 0.5) is 5.69 Å². The van der Waals surface area contributed by atoms with Crippen LogP contribution < -0.4 is 4.90 Å². The number of anilines is 1. The molecule has 1 aliphatic carbocycles. The van der Waals surface area contributed by atoms with Gasteiger partial charge in [0.05, 0.1) is 0 Å². The molecule has 0 heterocycles. The van der Waals surface area contributed by atoms with Gasteiger partial charge in [-0.3, -0.25) is 0 Å². The van der Waals surface area contributed by atoms with Crippen molar-refractivity contribution in [3.8, 4) is 22.3 Å². The Morgan fingerprint density at radius 1 is 0.721 bits per heavy atom. The predicted molar refractivity (Wildman–Crippen MR) is 188 cm³/mol. The van der Waals surface area contributed by atoms with Crippen molar-refractivity contribution in [2.75, 3.05) is 4.90 Å². The van der Waals surface area contributed by atoms with Gasteiger partial charge in [0, 0.05) is 17.1 Å². The third-order valence-electron chi connectivity index (χ3n) is 8.52. The molecule has 1 aliphatic rings. The number of aryl methyl sites for hydroxylation is 1. The second kappa shape index (κ2) is 12.2. The number of fused-ring (bicyclic) bond motifs is 2. The van der Waals surface area contributed by atoms with E-state index in [1.165, 1.54) is 60.6 Å². The number of rotatable bonds is 8. The second-order valence-corrected chi connectivity index (χ2v) is 11.5. The van der Waals surface area contributed by atoms with Crippen molar-refractivity contribution >= 4 is 27.2 Å². The first-order valence-electron chi connectivity index (χ1n) is 15.3. The van der Waals surface area contributed by atoms with E-state index < -0.39 is 0 Å². The Morgan fingerprint density at radius 2 is 1.23 bits per heavy atom. The Hall–Kier alpha value is -4.88. The van der Waals surface area contributed by atoms with Gasteiger partial charge in [-0.15, -0.1) is 0 Å². The van der Waals surface area contributed by atoms with Gasteiger partial charge in [-0.05, 0) is 106 Å². The SMILES string of the molecule is C=C(/C=C\CC)C(=C)N(C1=C(C)CCC=C1)c1ccc(-c2c3ccccc3c(-c3ccc(C)cc3)c3ccccc23)cc1. The maximum absolute atomic E-state index is 4.51. The van der Waals surface area contributed by atoms with Crippen molar-refractivity contribution in [3.63, 3.8) is 0 Å². The van der Waals surface area contributed by atoms with Gasteiger partial charge in [0.1, 0.15) is 0 Å². The Labute approximate surface area is 256 Å². The molecule has 0 radical (unpaired) electrons. The third-order valence-corrected chi connectivity index (χ3v) is 8.52. The lowest BCUT2D eigenvalue weighted by atomic mass is 9.86. The van der Waals surface area contributed by atoms with Crippen LogP contribution in [-0.4, -0.2) is 0 Å². The number of hydrogen-bond acceptors (Lipinski definition) is 1. The number of hydrogen-bond donors (Lipinski definition) is 0. The van der Waals surface area contributed by atoms with Crippen LogP contribution in [0.2, 0.25) is 0 Å². The molecule has 0 saturated carbocycles. The molecule has 43 heavy (non-hydrogen) atoms. The summed E-state index contributed by atoms with van der Waals surface area (Å²) in [4.78, 5) is 2.27. The van der Waals surface area contributed by atoms with Crippen molar-refractivity contribution in [1.29, 1.82) is 0 Å². The van der Waals surface area contributed by atoms with Gasteiger partial charge in [-0.1, -0.05) is 129 Å². The summed E-state index contributed by atoms with van der Waals surface area (Å²) < 4.78 is 0. The summed E-state index contributed by atoms with van der Waals surface area (Å²) in [5, 5.41) is 5.06. The van der Waals surface area contributed by atoms with Crippen molar-refractivity contribution in [1.82, 2.24) is 0 Å². The maximum atomic E-state index is 4.51. The molecule has 1 nitrogen and oxygen atoms in total. The minimum atomic E-state index is 0.900. The highest BCUT2D eigenvalue weighted by Gasteiger charge is 2.20. The quantitative estimate of drug-likeness (QED) is 0.135. The van der Waals surface area contributed by atoms with E-state index in [9.17, 15) is 0 Å². The average Bonchev–Trinajstić information content (AvgIpc) is 3.04. The van der Waals surface area contributed by atoms with E-state index in [0.29, 0.717) is 0 Å². The van der Waals surface area contributed by atoms with E-state index in [4.69, 9.17) is 0 Å². The zero-order chi connectivity index (χ0) is 29.9. The van der Waals surface area contributed by atoms with Crippen LogP contribution in [-0.2, 0) is 0 Å². The lowest BCUT2D eigenvalue weighted by Crippen LogP contribution is -2.23. The highest BCUT2D eigenvalue weighted by atomic mass is 15.2. The van der Waals surface area contributed by atoms with Gasteiger partial charge in [-0.25, -0.2) is 0 Å². The van der Waals surface area contributed by atoms with Gasteiger partial charge < -0.3 is 4.90 Å². The van der Waals surface area contributed by atoms with Crippen molar-refractivity contribution in [2.24, 2.45) is 0 Å². The van der Waals surface area contributed by atoms with E-state index >= 15 is 0 Å². The molecule has 1 heteroatoms. The normalized spacial score (nSPS) is 13.3. The molecule has 0 saturated heterocycles. The predicted octanol–water partition coefficient (Wildman–Crippen LogP) is 12.1. The lowest BCUT2D eigenvalue weighted by Gasteiger charge is -2.31. The van der Waals surface area contributed by atoms with Crippen LogP contribution in [0, 0.1) is 6.92 Å². The summed E-state index contributed by atoms with van der Waals surface area (Å²) in [6, 6.07) is 35.6. The molecule has 5 aromatic rings. The number of nitrogens with zero attached hydrogens (tertiary/aromatic N) is 1. The zero-order valence-corrected chi connectivity index (χ0v) is 25.5. The number of benzene rings is 5. The molecule has 0 fully saturated rings. The summed E-state index contributed by atoms with van der Waals surface area (Å²) in [5.41, 5.74) is 11.7. The van der Waals surface area contributed by atoms with Gasteiger partial charge in [-0.2, -0.15) is 0 Å². The molecular weight excluding hydrogens is 518 g/mol. The van der Waals surface area contributed by atoms with Crippen LogP contribution in [0.5, 0.6) is 0 Å². The molecule has 5 aromatic carbocycles. The Morgan fingerprint density at radius 3 is 1.72 bits per heavy atom. The minimum Gasteiger partial charge on any atom is -0.311 e. The highest BCUT2D eigenvalue weighted by molar-refractivity contribution is 6.21. The van der Waals surface area contributed by atoms with Gasteiger partial charge in [0.15, 0.2) is 0 Å². The monoisotopic (exact) mass is 557 g/mol. The standard InChI is InChI=1S/C42H39N/c1-6-7-14-30(3)32(5)43(40-20-13-8-15-31(40)4)35-27-25-34(26-28-35)42-38-18-11-9-16-36(38)41(33-23-21-29(2)22-24-33)37-17-10-12-19-39(37)42/h7,9-14,16-28H,3,5-6,8,15H2,1-2,4H3/b14-7-. The van der Waals surface area contributed by atoms with Crippen LogP contribution >= 0.6 is 0 Å². The molecule has 6 rings (SSSR count). The van der Waals surface area contributed by atoms with Gasteiger partial charge in [0.25, 0.3) is 0 Å². The summed E-state index contributed by atoms with van der Waals surface area (Å²) in [5.74, 6) is 0. The third kappa shape index (κ3) is 5.40. The van der Waals surface area contributed by atoms with E-state index in [1.54, 1.807) is 0 Å². The molecule has 0 aromatic heterocycles. The first kappa shape index (κ1) is 28.2. The molecule has 0 atom stereocenters. The first-order valence-corrected chi connectivity index (χ1v) is 15.3. The fourth-order valence-electron chi connectivity index (χ4n) is 6.22. The smallest absolute Gasteiger partial charge is 0.0462 e. The highest BCUT2D eigenvalue weighted by Crippen LogP contribution is 2.44. The Bertz CT molecular complexity index is 1870. The summed E-state index contributed by atoms with van der Waals surface area (Å²) in [6.45, 7) is 15.4. The largest absolute Gasteiger partial charge is 0.311 e. The van der Waals surface area contributed by atoms with Crippen molar-refractivity contribution < 1.29 is 0 Å². The topological polar surface area (TPSA) is 3.24 Å². The van der Waals surface area contributed by atoms with Crippen LogP contribution in [0.1, 0.15) is 38.7 Å². The molecule has 0 bridgehead atoms. The molecular formula is C42H39N. The van der Waals surface area contributed by atoms with Crippen LogP contribution in [0.25, 0.3) is 43.8 Å². The zero-order valence-electron chi connectivity index (χ0n) is 25.5. The maximum Gasteiger partial charge on any atom is 0.0462 e. The van der Waals surface area contributed by atoms with Crippen LogP contribution in [0.15, 0.2) is 157 Å².